The molecule has 0 saturated carbocycles. The van der Waals surface area contributed by atoms with Crippen molar-refractivity contribution in [1.82, 2.24) is 4.98 Å². The summed E-state index contributed by atoms with van der Waals surface area (Å²) in [5.74, 6) is 1.15. The summed E-state index contributed by atoms with van der Waals surface area (Å²) < 4.78 is 0. The van der Waals surface area contributed by atoms with Gasteiger partial charge in [-0.05, 0) is 24.5 Å². The van der Waals surface area contributed by atoms with E-state index < -0.39 is 5.91 Å². The van der Waals surface area contributed by atoms with Crippen LogP contribution in [-0.2, 0) is 0 Å². The third kappa shape index (κ3) is 3.90. The Bertz CT molecular complexity index is 373. The van der Waals surface area contributed by atoms with Gasteiger partial charge in [0.15, 0.2) is 0 Å². The van der Waals surface area contributed by atoms with Crippen LogP contribution >= 0.6 is 23.4 Å². The van der Waals surface area contributed by atoms with E-state index in [0.29, 0.717) is 16.4 Å². The van der Waals surface area contributed by atoms with Crippen LogP contribution in [0.1, 0.15) is 16.8 Å². The molecular formula is C10H14ClN3OS. The van der Waals surface area contributed by atoms with E-state index in [9.17, 15) is 4.79 Å². The summed E-state index contributed by atoms with van der Waals surface area (Å²) in [6, 6.07) is 1.52. The Morgan fingerprint density at radius 2 is 2.44 bits per heavy atom. The first kappa shape index (κ1) is 13.1. The van der Waals surface area contributed by atoms with Crippen molar-refractivity contribution in [1.29, 1.82) is 0 Å². The van der Waals surface area contributed by atoms with Gasteiger partial charge in [-0.2, -0.15) is 11.8 Å². The van der Waals surface area contributed by atoms with Gasteiger partial charge in [0, 0.05) is 12.7 Å². The van der Waals surface area contributed by atoms with Crippen molar-refractivity contribution in [3.8, 4) is 0 Å². The number of nitrogens with zero attached hydrogens (tertiary/aromatic N) is 1. The van der Waals surface area contributed by atoms with Gasteiger partial charge in [-0.1, -0.05) is 11.6 Å². The normalized spacial score (nSPS) is 10.1. The quantitative estimate of drug-likeness (QED) is 0.767. The molecule has 0 aromatic carbocycles. The third-order valence-corrected chi connectivity index (χ3v) is 2.93. The van der Waals surface area contributed by atoms with E-state index in [0.717, 1.165) is 18.7 Å². The number of thioether (sulfide) groups is 1. The van der Waals surface area contributed by atoms with E-state index in [4.69, 9.17) is 17.3 Å². The fourth-order valence-electron chi connectivity index (χ4n) is 1.13. The molecule has 0 spiro atoms. The lowest BCUT2D eigenvalue weighted by Gasteiger charge is -2.07. The molecule has 1 aromatic heterocycles. The van der Waals surface area contributed by atoms with Crippen LogP contribution in [-0.4, -0.2) is 29.4 Å². The topological polar surface area (TPSA) is 68.0 Å². The molecule has 0 fully saturated rings. The number of aromatic nitrogens is 1. The minimum absolute atomic E-state index is 0.319. The van der Waals surface area contributed by atoms with Gasteiger partial charge in [0.25, 0.3) is 0 Å². The number of nitrogens with two attached hydrogens (primary N) is 1. The van der Waals surface area contributed by atoms with Gasteiger partial charge in [-0.3, -0.25) is 4.79 Å². The monoisotopic (exact) mass is 259 g/mol. The summed E-state index contributed by atoms with van der Waals surface area (Å²) >= 11 is 7.74. The summed E-state index contributed by atoms with van der Waals surface area (Å²) in [5, 5.41) is 3.52. The van der Waals surface area contributed by atoms with E-state index >= 15 is 0 Å². The molecule has 0 atom stereocenters. The molecule has 3 N–H and O–H groups in total. The molecule has 16 heavy (non-hydrogen) atoms. The van der Waals surface area contributed by atoms with Crippen molar-refractivity contribution in [2.45, 2.75) is 6.42 Å². The van der Waals surface area contributed by atoms with E-state index in [1.165, 1.54) is 12.3 Å². The van der Waals surface area contributed by atoms with Gasteiger partial charge in [-0.25, -0.2) is 4.98 Å². The molecule has 1 amide bonds. The van der Waals surface area contributed by atoms with Crippen LogP contribution in [0, 0.1) is 0 Å². The number of amides is 1. The number of hydrogen-bond acceptors (Lipinski definition) is 4. The Balaban J connectivity index is 2.57. The number of carbonyl (C=O) groups is 1. The van der Waals surface area contributed by atoms with Crippen LogP contribution in [0.4, 0.5) is 5.82 Å². The maximum Gasteiger partial charge on any atom is 0.250 e. The average molecular weight is 260 g/mol. The molecule has 0 saturated heterocycles. The molecule has 6 heteroatoms. The maximum atomic E-state index is 10.9. The predicted molar refractivity (Wildman–Crippen MR) is 69.3 cm³/mol. The number of primary amides is 1. The lowest BCUT2D eigenvalue weighted by Crippen LogP contribution is -2.12. The maximum absolute atomic E-state index is 10.9. The number of rotatable bonds is 6. The number of pyridine rings is 1. The van der Waals surface area contributed by atoms with Crippen molar-refractivity contribution in [3.05, 3.63) is 22.8 Å². The third-order valence-electron chi connectivity index (χ3n) is 1.94. The Kier molecular flexibility index (Phi) is 5.42. The summed E-state index contributed by atoms with van der Waals surface area (Å²) in [5.41, 5.74) is 5.43. The Labute approximate surface area is 104 Å². The van der Waals surface area contributed by atoms with E-state index in [2.05, 4.69) is 16.6 Å². The van der Waals surface area contributed by atoms with Crippen LogP contribution in [0.2, 0.25) is 5.02 Å². The number of nitrogens with one attached hydrogen (secondary N) is 1. The van der Waals surface area contributed by atoms with Gasteiger partial charge < -0.3 is 11.1 Å². The second-order valence-corrected chi connectivity index (χ2v) is 4.58. The fourth-order valence-corrected chi connectivity index (χ4v) is 1.79. The zero-order chi connectivity index (χ0) is 12.0. The van der Waals surface area contributed by atoms with Crippen molar-refractivity contribution in [2.75, 3.05) is 23.9 Å². The first-order valence-electron chi connectivity index (χ1n) is 4.83. The second-order valence-electron chi connectivity index (χ2n) is 3.19. The molecule has 0 aliphatic carbocycles. The highest BCUT2D eigenvalue weighted by Crippen LogP contribution is 2.19. The molecule has 0 aliphatic heterocycles. The zero-order valence-corrected chi connectivity index (χ0v) is 10.6. The van der Waals surface area contributed by atoms with E-state index in [1.807, 2.05) is 0 Å². The Morgan fingerprint density at radius 3 is 3.00 bits per heavy atom. The minimum Gasteiger partial charge on any atom is -0.369 e. The molecule has 0 bridgehead atoms. The van der Waals surface area contributed by atoms with Gasteiger partial charge in [-0.15, -0.1) is 0 Å². The predicted octanol–water partition coefficient (Wildman–Crippen LogP) is 2.00. The van der Waals surface area contributed by atoms with Gasteiger partial charge >= 0.3 is 0 Å². The molecular weight excluding hydrogens is 246 g/mol. The van der Waals surface area contributed by atoms with Crippen LogP contribution in [0.3, 0.4) is 0 Å². The highest BCUT2D eigenvalue weighted by atomic mass is 35.5. The molecule has 1 aromatic rings. The van der Waals surface area contributed by atoms with Gasteiger partial charge in [0.05, 0.1) is 10.6 Å². The van der Waals surface area contributed by atoms with Gasteiger partial charge in [0.1, 0.15) is 5.82 Å². The first-order chi connectivity index (χ1) is 7.65. The summed E-state index contributed by atoms with van der Waals surface area (Å²) in [7, 11) is 0. The molecule has 4 nitrogen and oxygen atoms in total. The van der Waals surface area contributed by atoms with Crippen LogP contribution in [0.25, 0.3) is 0 Å². The van der Waals surface area contributed by atoms with E-state index in [1.54, 1.807) is 11.8 Å². The van der Waals surface area contributed by atoms with Crippen molar-refractivity contribution in [2.24, 2.45) is 5.73 Å². The van der Waals surface area contributed by atoms with Crippen molar-refractivity contribution >= 4 is 35.1 Å². The largest absolute Gasteiger partial charge is 0.369 e. The average Bonchev–Trinajstić information content (AvgIpc) is 2.26. The molecule has 1 rings (SSSR count). The molecule has 0 unspecified atom stereocenters. The minimum atomic E-state index is -0.525. The molecule has 0 radical (unpaired) electrons. The van der Waals surface area contributed by atoms with Gasteiger partial charge in [0.2, 0.25) is 5.91 Å². The lowest BCUT2D eigenvalue weighted by molar-refractivity contribution is 0.1000. The zero-order valence-electron chi connectivity index (χ0n) is 9.00. The Hall–Kier alpha value is -0.940. The molecule has 88 valence electrons. The number of anilines is 1. The summed E-state index contributed by atoms with van der Waals surface area (Å²) in [4.78, 5) is 14.9. The molecule has 1 heterocycles. The van der Waals surface area contributed by atoms with Crippen molar-refractivity contribution in [3.63, 3.8) is 0 Å². The van der Waals surface area contributed by atoms with Crippen LogP contribution in [0.15, 0.2) is 12.3 Å². The number of hydrogen-bond donors (Lipinski definition) is 2. The van der Waals surface area contributed by atoms with Crippen LogP contribution in [0.5, 0.6) is 0 Å². The van der Waals surface area contributed by atoms with Crippen LogP contribution < -0.4 is 11.1 Å². The smallest absolute Gasteiger partial charge is 0.250 e. The number of carbonyl (C=O) groups excluding carboxylic acids is 1. The first-order valence-corrected chi connectivity index (χ1v) is 6.60. The SMILES string of the molecule is CSCCCNc1ncc(C(N)=O)cc1Cl. The highest BCUT2D eigenvalue weighted by molar-refractivity contribution is 7.98. The fraction of sp³-hybridized carbons (Fsp3) is 0.400. The summed E-state index contributed by atoms with van der Waals surface area (Å²) in [6.45, 7) is 0.809. The standard InChI is InChI=1S/C10H14ClN3OS/c1-16-4-2-3-13-10-8(11)5-7(6-14-10)9(12)15/h5-6H,2-4H2,1H3,(H2,12,15)(H,13,14). The lowest BCUT2D eigenvalue weighted by atomic mass is 10.2. The summed E-state index contributed by atoms with van der Waals surface area (Å²) in [6.07, 6.45) is 4.52. The second kappa shape index (κ2) is 6.60. The highest BCUT2D eigenvalue weighted by Gasteiger charge is 2.06. The number of halogens is 1. The Morgan fingerprint density at radius 1 is 1.69 bits per heavy atom. The van der Waals surface area contributed by atoms with E-state index in [-0.39, 0.29) is 0 Å². The van der Waals surface area contributed by atoms with Crippen molar-refractivity contribution < 1.29 is 4.79 Å². The molecule has 0 aliphatic rings.